The van der Waals surface area contributed by atoms with Gasteiger partial charge in [0.05, 0.1) is 0 Å². The number of hydrogen-bond acceptors (Lipinski definition) is 3. The van der Waals surface area contributed by atoms with Crippen LogP contribution in [0.2, 0.25) is 0 Å². The van der Waals surface area contributed by atoms with Gasteiger partial charge < -0.3 is 4.74 Å². The predicted octanol–water partition coefficient (Wildman–Crippen LogP) is 2.43. The first-order valence-electron chi connectivity index (χ1n) is 4.72. The first kappa shape index (κ1) is 11.4. The van der Waals surface area contributed by atoms with Crippen molar-refractivity contribution in [1.29, 1.82) is 0 Å². The van der Waals surface area contributed by atoms with Crippen LogP contribution in [0.1, 0.15) is 35.3 Å². The summed E-state index contributed by atoms with van der Waals surface area (Å²) in [6.07, 6.45) is 0. The summed E-state index contributed by atoms with van der Waals surface area (Å²) in [6, 6.07) is 3.55. The predicted molar refractivity (Wildman–Crippen MR) is 57.2 cm³/mol. The minimum absolute atomic E-state index is 0.0235. The molecule has 15 heavy (non-hydrogen) atoms. The molecule has 0 aliphatic carbocycles. The number of rotatable bonds is 2. The molecule has 0 saturated heterocycles. The summed E-state index contributed by atoms with van der Waals surface area (Å²) in [5, 5.41) is 0. The van der Waals surface area contributed by atoms with E-state index >= 15 is 0 Å². The van der Waals surface area contributed by atoms with Crippen molar-refractivity contribution in [2.24, 2.45) is 0 Å². The molecule has 0 bridgehead atoms. The van der Waals surface area contributed by atoms with Crippen LogP contribution in [0.5, 0.6) is 5.75 Å². The standard InChI is InChI=1S/C12H14O3/c1-7-5-11(9(3)13)8(2)12(6-7)15-10(4)14/h5-6H,1-4H3. The average Bonchev–Trinajstić information content (AvgIpc) is 2.09. The fourth-order valence-corrected chi connectivity index (χ4v) is 1.45. The van der Waals surface area contributed by atoms with Gasteiger partial charge in [-0.3, -0.25) is 9.59 Å². The number of hydrogen-bond donors (Lipinski definition) is 0. The van der Waals surface area contributed by atoms with E-state index in [2.05, 4.69) is 0 Å². The zero-order valence-corrected chi connectivity index (χ0v) is 9.38. The molecule has 0 atom stereocenters. The highest BCUT2D eigenvalue weighted by molar-refractivity contribution is 5.96. The Balaban J connectivity index is 3.28. The molecule has 0 amide bonds. The van der Waals surface area contributed by atoms with Crippen LogP contribution in [0.15, 0.2) is 12.1 Å². The second-order valence-corrected chi connectivity index (χ2v) is 3.59. The molecule has 0 fully saturated rings. The van der Waals surface area contributed by atoms with Gasteiger partial charge in [-0.15, -0.1) is 0 Å². The molecule has 3 nitrogen and oxygen atoms in total. The number of benzene rings is 1. The highest BCUT2D eigenvalue weighted by atomic mass is 16.5. The Labute approximate surface area is 89.1 Å². The lowest BCUT2D eigenvalue weighted by Gasteiger charge is -2.10. The van der Waals surface area contributed by atoms with Crippen LogP contribution in [-0.4, -0.2) is 11.8 Å². The number of esters is 1. The Morgan fingerprint density at radius 1 is 1.13 bits per heavy atom. The maximum Gasteiger partial charge on any atom is 0.308 e. The maximum atomic E-state index is 11.3. The summed E-state index contributed by atoms with van der Waals surface area (Å²) in [6.45, 7) is 6.47. The fourth-order valence-electron chi connectivity index (χ4n) is 1.45. The van der Waals surface area contributed by atoms with E-state index in [1.54, 1.807) is 19.1 Å². The van der Waals surface area contributed by atoms with Crippen LogP contribution in [0.25, 0.3) is 0 Å². The number of ketones is 1. The van der Waals surface area contributed by atoms with Gasteiger partial charge in [0.1, 0.15) is 5.75 Å². The van der Waals surface area contributed by atoms with E-state index in [9.17, 15) is 9.59 Å². The van der Waals surface area contributed by atoms with Crippen LogP contribution < -0.4 is 4.74 Å². The largest absolute Gasteiger partial charge is 0.426 e. The molecular formula is C12H14O3. The minimum Gasteiger partial charge on any atom is -0.426 e. The lowest BCUT2D eigenvalue weighted by atomic mass is 10.0. The zero-order chi connectivity index (χ0) is 11.6. The van der Waals surface area contributed by atoms with Crippen LogP contribution in [0, 0.1) is 13.8 Å². The molecule has 0 aromatic heterocycles. The monoisotopic (exact) mass is 206 g/mol. The summed E-state index contributed by atoms with van der Waals surface area (Å²) in [5.41, 5.74) is 2.22. The second-order valence-electron chi connectivity index (χ2n) is 3.59. The third-order valence-electron chi connectivity index (χ3n) is 2.14. The highest BCUT2D eigenvalue weighted by Crippen LogP contribution is 2.24. The Kier molecular flexibility index (Phi) is 3.24. The summed E-state index contributed by atoms with van der Waals surface area (Å²) in [4.78, 5) is 22.2. The number of carbonyl (C=O) groups is 2. The van der Waals surface area contributed by atoms with Crippen molar-refractivity contribution in [2.75, 3.05) is 0 Å². The topological polar surface area (TPSA) is 43.4 Å². The van der Waals surface area contributed by atoms with Crippen LogP contribution in [0.4, 0.5) is 0 Å². The number of Topliss-reactive ketones (excluding diaryl/α,β-unsaturated/α-hetero) is 1. The van der Waals surface area contributed by atoms with Crippen molar-refractivity contribution in [3.8, 4) is 5.75 Å². The van der Waals surface area contributed by atoms with Gasteiger partial charge in [0.25, 0.3) is 0 Å². The molecule has 0 N–H and O–H groups in total. The van der Waals surface area contributed by atoms with E-state index in [1.807, 2.05) is 6.92 Å². The van der Waals surface area contributed by atoms with Crippen molar-refractivity contribution in [1.82, 2.24) is 0 Å². The van der Waals surface area contributed by atoms with Crippen molar-refractivity contribution in [3.05, 3.63) is 28.8 Å². The van der Waals surface area contributed by atoms with Crippen molar-refractivity contribution in [3.63, 3.8) is 0 Å². The summed E-state index contributed by atoms with van der Waals surface area (Å²) in [7, 11) is 0. The molecule has 0 heterocycles. The van der Waals surface area contributed by atoms with Gasteiger partial charge in [-0.2, -0.15) is 0 Å². The first-order valence-corrected chi connectivity index (χ1v) is 4.72. The zero-order valence-electron chi connectivity index (χ0n) is 9.38. The normalized spacial score (nSPS) is 9.87. The molecular weight excluding hydrogens is 192 g/mol. The first-order chi connectivity index (χ1) is 6.91. The van der Waals surface area contributed by atoms with E-state index in [4.69, 9.17) is 4.74 Å². The Morgan fingerprint density at radius 2 is 1.73 bits per heavy atom. The molecule has 0 saturated carbocycles. The van der Waals surface area contributed by atoms with Crippen molar-refractivity contribution < 1.29 is 14.3 Å². The molecule has 80 valence electrons. The number of ether oxygens (including phenoxy) is 1. The van der Waals surface area contributed by atoms with Gasteiger partial charge in [0.15, 0.2) is 5.78 Å². The van der Waals surface area contributed by atoms with E-state index in [1.165, 1.54) is 13.8 Å². The SMILES string of the molecule is CC(=O)Oc1cc(C)cc(C(C)=O)c1C. The lowest BCUT2D eigenvalue weighted by molar-refractivity contribution is -0.131. The molecule has 1 aromatic carbocycles. The second kappa shape index (κ2) is 4.26. The third kappa shape index (κ3) is 2.65. The Morgan fingerprint density at radius 3 is 2.20 bits per heavy atom. The molecule has 0 aliphatic rings. The van der Waals surface area contributed by atoms with Crippen LogP contribution >= 0.6 is 0 Å². The molecule has 0 unspecified atom stereocenters. The summed E-state index contributed by atoms with van der Waals surface area (Å²) in [5.74, 6) is 0.0653. The average molecular weight is 206 g/mol. The van der Waals surface area contributed by atoms with Crippen LogP contribution in [0.3, 0.4) is 0 Å². The quantitative estimate of drug-likeness (QED) is 0.424. The Bertz CT molecular complexity index is 419. The molecule has 1 rings (SSSR count). The highest BCUT2D eigenvalue weighted by Gasteiger charge is 2.11. The van der Waals surface area contributed by atoms with Gasteiger partial charge in [0, 0.05) is 18.1 Å². The lowest BCUT2D eigenvalue weighted by Crippen LogP contribution is -2.06. The summed E-state index contributed by atoms with van der Waals surface area (Å²) >= 11 is 0. The number of aryl methyl sites for hydroxylation is 1. The Hall–Kier alpha value is -1.64. The molecule has 0 spiro atoms. The van der Waals surface area contributed by atoms with E-state index < -0.39 is 0 Å². The van der Waals surface area contributed by atoms with Crippen molar-refractivity contribution in [2.45, 2.75) is 27.7 Å². The molecule has 0 aliphatic heterocycles. The summed E-state index contributed by atoms with van der Waals surface area (Å²) < 4.78 is 5.03. The molecule has 3 heteroatoms. The minimum atomic E-state index is -0.377. The van der Waals surface area contributed by atoms with Crippen LogP contribution in [-0.2, 0) is 4.79 Å². The van der Waals surface area contributed by atoms with Gasteiger partial charge in [0.2, 0.25) is 0 Å². The van der Waals surface area contributed by atoms with E-state index in [0.29, 0.717) is 16.9 Å². The molecule has 0 radical (unpaired) electrons. The van der Waals surface area contributed by atoms with Gasteiger partial charge in [-0.1, -0.05) is 0 Å². The van der Waals surface area contributed by atoms with Gasteiger partial charge >= 0.3 is 5.97 Å². The van der Waals surface area contributed by atoms with E-state index in [0.717, 1.165) is 5.56 Å². The van der Waals surface area contributed by atoms with Crippen molar-refractivity contribution >= 4 is 11.8 Å². The van der Waals surface area contributed by atoms with Gasteiger partial charge in [-0.25, -0.2) is 0 Å². The van der Waals surface area contributed by atoms with Gasteiger partial charge in [-0.05, 0) is 38.5 Å². The maximum absolute atomic E-state index is 11.3. The number of carbonyl (C=O) groups excluding carboxylic acids is 2. The fraction of sp³-hybridized carbons (Fsp3) is 0.333. The smallest absolute Gasteiger partial charge is 0.308 e. The molecule has 1 aromatic rings. The van der Waals surface area contributed by atoms with E-state index in [-0.39, 0.29) is 11.8 Å². The third-order valence-corrected chi connectivity index (χ3v) is 2.14.